The number of hydrogen-bond donors (Lipinski definition) is 3. The van der Waals surface area contributed by atoms with E-state index in [0.717, 1.165) is 5.56 Å². The second-order valence-electron chi connectivity index (χ2n) is 5.75. The van der Waals surface area contributed by atoms with Crippen molar-refractivity contribution < 1.29 is 9.59 Å². The molecule has 0 radical (unpaired) electrons. The van der Waals surface area contributed by atoms with Crippen LogP contribution in [0.25, 0.3) is 0 Å². The molecule has 0 aromatic heterocycles. The van der Waals surface area contributed by atoms with Crippen molar-refractivity contribution in [2.75, 3.05) is 12.3 Å². The number of carbonyl (C=O) groups excluding carboxylic acids is 2. The van der Waals surface area contributed by atoms with Crippen LogP contribution in [0.2, 0.25) is 0 Å². The highest BCUT2D eigenvalue weighted by Gasteiger charge is 2.21. The molecule has 0 aliphatic carbocycles. The van der Waals surface area contributed by atoms with Gasteiger partial charge in [-0.25, -0.2) is 4.79 Å². The van der Waals surface area contributed by atoms with Crippen LogP contribution in [0.15, 0.2) is 24.3 Å². The normalized spacial score (nSPS) is 10.9. The first-order chi connectivity index (χ1) is 9.17. The lowest BCUT2D eigenvalue weighted by Crippen LogP contribution is -2.50. The molecular weight excluding hydrogens is 256 g/mol. The number of benzene rings is 1. The van der Waals surface area contributed by atoms with Crippen LogP contribution in [-0.2, 0) is 11.3 Å². The Hall–Kier alpha value is -2.24. The van der Waals surface area contributed by atoms with E-state index < -0.39 is 5.91 Å². The lowest BCUT2D eigenvalue weighted by atomic mass is 10.1. The smallest absolute Gasteiger partial charge is 0.318 e. The van der Waals surface area contributed by atoms with Gasteiger partial charge in [0.1, 0.15) is 6.54 Å². The summed E-state index contributed by atoms with van der Waals surface area (Å²) in [5, 5.41) is 2.81. The first-order valence-corrected chi connectivity index (χ1v) is 6.37. The first kappa shape index (κ1) is 15.8. The van der Waals surface area contributed by atoms with Crippen molar-refractivity contribution in [2.45, 2.75) is 32.9 Å². The average Bonchev–Trinajstić information content (AvgIpc) is 2.25. The molecule has 0 unspecified atom stereocenters. The highest BCUT2D eigenvalue weighted by atomic mass is 16.2. The van der Waals surface area contributed by atoms with Gasteiger partial charge in [-0.2, -0.15) is 0 Å². The summed E-state index contributed by atoms with van der Waals surface area (Å²) in [4.78, 5) is 24.6. The fourth-order valence-electron chi connectivity index (χ4n) is 1.70. The van der Waals surface area contributed by atoms with E-state index in [1.165, 1.54) is 4.90 Å². The summed E-state index contributed by atoms with van der Waals surface area (Å²) in [6.07, 6.45) is 0. The molecule has 1 rings (SSSR count). The van der Waals surface area contributed by atoms with Crippen LogP contribution < -0.4 is 16.8 Å². The van der Waals surface area contributed by atoms with E-state index in [1.807, 2.05) is 26.8 Å². The number of primary amides is 1. The maximum absolute atomic E-state index is 12.2. The topological polar surface area (TPSA) is 101 Å². The van der Waals surface area contributed by atoms with E-state index in [4.69, 9.17) is 11.5 Å². The van der Waals surface area contributed by atoms with Crippen LogP contribution in [0.4, 0.5) is 10.5 Å². The van der Waals surface area contributed by atoms with Crippen LogP contribution in [-0.4, -0.2) is 28.9 Å². The highest BCUT2D eigenvalue weighted by molar-refractivity contribution is 5.83. The minimum absolute atomic E-state index is 0.142. The Morgan fingerprint density at radius 2 is 1.95 bits per heavy atom. The van der Waals surface area contributed by atoms with Crippen molar-refractivity contribution in [3.8, 4) is 0 Å². The third kappa shape index (κ3) is 5.60. The van der Waals surface area contributed by atoms with Gasteiger partial charge in [0.25, 0.3) is 0 Å². The molecule has 1 aromatic rings. The molecule has 0 saturated carbocycles. The summed E-state index contributed by atoms with van der Waals surface area (Å²) in [7, 11) is 0. The first-order valence-electron chi connectivity index (χ1n) is 6.37. The van der Waals surface area contributed by atoms with E-state index >= 15 is 0 Å². The van der Waals surface area contributed by atoms with E-state index in [9.17, 15) is 9.59 Å². The second kappa shape index (κ2) is 6.27. The Morgan fingerprint density at radius 3 is 2.45 bits per heavy atom. The number of nitrogen functional groups attached to an aromatic ring is 1. The molecule has 0 atom stereocenters. The van der Waals surface area contributed by atoms with Crippen LogP contribution in [0, 0.1) is 0 Å². The molecule has 6 nitrogen and oxygen atoms in total. The molecule has 0 fully saturated rings. The monoisotopic (exact) mass is 278 g/mol. The number of nitrogens with zero attached hydrogens (tertiary/aromatic N) is 1. The summed E-state index contributed by atoms with van der Waals surface area (Å²) in [6.45, 7) is 5.74. The Kier molecular flexibility index (Phi) is 4.96. The number of rotatable bonds is 4. The standard InChI is InChI=1S/C14H22N4O2/c1-14(2,3)17-13(20)18(9-12(16)19)8-10-5-4-6-11(15)7-10/h4-7H,8-9,15H2,1-3H3,(H2,16,19)(H,17,20). The lowest BCUT2D eigenvalue weighted by Gasteiger charge is -2.27. The molecule has 110 valence electrons. The Morgan fingerprint density at radius 1 is 1.30 bits per heavy atom. The van der Waals surface area contributed by atoms with Gasteiger partial charge in [-0.3, -0.25) is 4.79 Å². The highest BCUT2D eigenvalue weighted by Crippen LogP contribution is 2.10. The summed E-state index contributed by atoms with van der Waals surface area (Å²) < 4.78 is 0. The van der Waals surface area contributed by atoms with Gasteiger partial charge in [-0.1, -0.05) is 12.1 Å². The minimum atomic E-state index is -0.557. The molecule has 0 aliphatic heterocycles. The van der Waals surface area contributed by atoms with Crippen LogP contribution >= 0.6 is 0 Å². The summed E-state index contributed by atoms with van der Waals surface area (Å²) in [5.74, 6) is -0.557. The van der Waals surface area contributed by atoms with E-state index in [-0.39, 0.29) is 24.7 Å². The maximum atomic E-state index is 12.2. The number of amides is 3. The number of hydrogen-bond acceptors (Lipinski definition) is 3. The number of anilines is 1. The molecule has 20 heavy (non-hydrogen) atoms. The quantitative estimate of drug-likeness (QED) is 0.718. The van der Waals surface area contributed by atoms with Crippen LogP contribution in [0.5, 0.6) is 0 Å². The molecule has 5 N–H and O–H groups in total. The van der Waals surface area contributed by atoms with Crippen LogP contribution in [0.3, 0.4) is 0 Å². The van der Waals surface area contributed by atoms with E-state index in [1.54, 1.807) is 18.2 Å². The fraction of sp³-hybridized carbons (Fsp3) is 0.429. The van der Waals surface area contributed by atoms with Gasteiger partial charge < -0.3 is 21.7 Å². The summed E-state index contributed by atoms with van der Waals surface area (Å²) in [6, 6.07) is 6.83. The third-order valence-corrected chi connectivity index (χ3v) is 2.44. The van der Waals surface area contributed by atoms with Crippen molar-refractivity contribution >= 4 is 17.6 Å². The van der Waals surface area contributed by atoms with E-state index in [2.05, 4.69) is 5.32 Å². The minimum Gasteiger partial charge on any atom is -0.399 e. The van der Waals surface area contributed by atoms with Gasteiger partial charge in [-0.15, -0.1) is 0 Å². The Bertz CT molecular complexity index is 494. The maximum Gasteiger partial charge on any atom is 0.318 e. The predicted octanol–water partition coefficient (Wildman–Crippen LogP) is 1.06. The van der Waals surface area contributed by atoms with Crippen LogP contribution in [0.1, 0.15) is 26.3 Å². The molecular formula is C14H22N4O2. The zero-order valence-corrected chi connectivity index (χ0v) is 12.1. The molecule has 6 heteroatoms. The molecule has 1 aromatic carbocycles. The zero-order valence-electron chi connectivity index (χ0n) is 12.1. The number of carbonyl (C=O) groups is 2. The Balaban J connectivity index is 2.84. The second-order valence-corrected chi connectivity index (χ2v) is 5.75. The number of nitrogens with two attached hydrogens (primary N) is 2. The fourth-order valence-corrected chi connectivity index (χ4v) is 1.70. The SMILES string of the molecule is CC(C)(C)NC(=O)N(CC(N)=O)Cc1cccc(N)c1. The average molecular weight is 278 g/mol. The van der Waals surface area contributed by atoms with Gasteiger partial charge in [-0.05, 0) is 38.5 Å². The van der Waals surface area contributed by atoms with Crippen molar-refractivity contribution in [1.82, 2.24) is 10.2 Å². The number of urea groups is 1. The van der Waals surface area contributed by atoms with Gasteiger partial charge in [0.15, 0.2) is 0 Å². The zero-order chi connectivity index (χ0) is 15.3. The summed E-state index contributed by atoms with van der Waals surface area (Å²) >= 11 is 0. The van der Waals surface area contributed by atoms with Crippen molar-refractivity contribution in [3.05, 3.63) is 29.8 Å². The molecule has 0 aliphatic rings. The van der Waals surface area contributed by atoms with Crippen molar-refractivity contribution in [2.24, 2.45) is 5.73 Å². The largest absolute Gasteiger partial charge is 0.399 e. The Labute approximate surface area is 119 Å². The predicted molar refractivity (Wildman–Crippen MR) is 78.7 cm³/mol. The molecule has 0 heterocycles. The van der Waals surface area contributed by atoms with Gasteiger partial charge in [0.2, 0.25) is 5.91 Å². The molecule has 0 saturated heterocycles. The number of nitrogens with one attached hydrogen (secondary N) is 1. The van der Waals surface area contributed by atoms with Crippen molar-refractivity contribution in [1.29, 1.82) is 0 Å². The molecule has 0 spiro atoms. The molecule has 3 amide bonds. The lowest BCUT2D eigenvalue weighted by molar-refractivity contribution is -0.118. The van der Waals surface area contributed by atoms with Gasteiger partial charge in [0.05, 0.1) is 0 Å². The van der Waals surface area contributed by atoms with Gasteiger partial charge >= 0.3 is 6.03 Å². The molecule has 0 bridgehead atoms. The summed E-state index contributed by atoms with van der Waals surface area (Å²) in [5.41, 5.74) is 12.0. The van der Waals surface area contributed by atoms with Gasteiger partial charge in [0, 0.05) is 17.8 Å². The third-order valence-electron chi connectivity index (χ3n) is 2.44. The van der Waals surface area contributed by atoms with Crippen molar-refractivity contribution in [3.63, 3.8) is 0 Å². The van der Waals surface area contributed by atoms with E-state index in [0.29, 0.717) is 5.69 Å².